The van der Waals surface area contributed by atoms with E-state index in [4.69, 9.17) is 5.73 Å². The Bertz CT molecular complexity index is 569. The third-order valence-corrected chi connectivity index (χ3v) is 2.79. The molecule has 0 unspecified atom stereocenters. The van der Waals surface area contributed by atoms with Crippen molar-refractivity contribution in [3.05, 3.63) is 53.9 Å². The summed E-state index contributed by atoms with van der Waals surface area (Å²) in [5.74, 6) is -0.150. The number of carbonyl (C=O) groups excluding carboxylic acids is 1. The smallest absolute Gasteiger partial charge is 0.254 e. The molecule has 5 heteroatoms. The first kappa shape index (κ1) is 14.3. The van der Waals surface area contributed by atoms with Crippen molar-refractivity contribution in [3.63, 3.8) is 0 Å². The number of nitrogens with zero attached hydrogens (tertiary/aromatic N) is 2. The number of rotatable bonds is 5. The van der Waals surface area contributed by atoms with Gasteiger partial charge in [0.1, 0.15) is 0 Å². The second-order valence-electron chi connectivity index (χ2n) is 5.58. The molecule has 1 amide bonds. The summed E-state index contributed by atoms with van der Waals surface area (Å²) in [4.78, 5) is 11.9. The van der Waals surface area contributed by atoms with E-state index in [0.717, 1.165) is 5.56 Å². The fourth-order valence-electron chi connectivity index (χ4n) is 1.75. The number of hydrogen-bond donors (Lipinski definition) is 2. The van der Waals surface area contributed by atoms with Crippen LogP contribution in [0.1, 0.15) is 29.8 Å². The quantitative estimate of drug-likeness (QED) is 0.864. The van der Waals surface area contributed by atoms with Crippen molar-refractivity contribution >= 4 is 5.91 Å². The van der Waals surface area contributed by atoms with Crippen LogP contribution in [0.25, 0.3) is 0 Å². The van der Waals surface area contributed by atoms with Crippen molar-refractivity contribution in [2.75, 3.05) is 6.54 Å². The van der Waals surface area contributed by atoms with E-state index in [1.165, 1.54) is 0 Å². The predicted molar refractivity (Wildman–Crippen MR) is 78.4 cm³/mol. The van der Waals surface area contributed by atoms with Crippen LogP contribution in [-0.4, -0.2) is 27.8 Å². The summed E-state index contributed by atoms with van der Waals surface area (Å²) < 4.78 is 1.75. The van der Waals surface area contributed by atoms with Crippen LogP contribution < -0.4 is 11.1 Å². The molecule has 1 heterocycles. The molecule has 20 heavy (non-hydrogen) atoms. The van der Waals surface area contributed by atoms with Crippen molar-refractivity contribution in [3.8, 4) is 0 Å². The van der Waals surface area contributed by atoms with Crippen LogP contribution in [0.5, 0.6) is 0 Å². The van der Waals surface area contributed by atoms with Gasteiger partial charge >= 0.3 is 0 Å². The van der Waals surface area contributed by atoms with E-state index in [1.807, 2.05) is 44.2 Å². The molecular weight excluding hydrogens is 252 g/mol. The highest BCUT2D eigenvalue weighted by Crippen LogP contribution is 2.04. The minimum atomic E-state index is -0.421. The lowest BCUT2D eigenvalue weighted by Crippen LogP contribution is -2.45. The first-order valence-electron chi connectivity index (χ1n) is 6.57. The number of aromatic nitrogens is 2. The highest BCUT2D eigenvalue weighted by molar-refractivity contribution is 5.93. The zero-order valence-corrected chi connectivity index (χ0v) is 11.8. The summed E-state index contributed by atoms with van der Waals surface area (Å²) in [5, 5.41) is 7.00. The Morgan fingerprint density at radius 3 is 2.70 bits per heavy atom. The molecule has 0 bridgehead atoms. The van der Waals surface area contributed by atoms with Gasteiger partial charge in [-0.3, -0.25) is 9.48 Å². The third kappa shape index (κ3) is 4.20. The summed E-state index contributed by atoms with van der Waals surface area (Å²) >= 11 is 0. The Morgan fingerprint density at radius 2 is 2.05 bits per heavy atom. The Labute approximate surface area is 118 Å². The van der Waals surface area contributed by atoms with Gasteiger partial charge in [-0.15, -0.1) is 0 Å². The normalized spacial score (nSPS) is 11.3. The minimum Gasteiger partial charge on any atom is -0.350 e. The lowest BCUT2D eigenvalue weighted by molar-refractivity contribution is 0.0946. The van der Waals surface area contributed by atoms with Crippen LogP contribution in [0, 0.1) is 0 Å². The Hall–Kier alpha value is -2.14. The molecule has 3 N–H and O–H groups in total. The number of amides is 1. The number of nitrogens with one attached hydrogen (secondary N) is 1. The van der Waals surface area contributed by atoms with Crippen LogP contribution in [0.3, 0.4) is 0 Å². The molecule has 0 saturated heterocycles. The fourth-order valence-corrected chi connectivity index (χ4v) is 1.75. The minimum absolute atomic E-state index is 0.150. The van der Waals surface area contributed by atoms with Gasteiger partial charge in [0.25, 0.3) is 5.91 Å². The van der Waals surface area contributed by atoms with Crippen LogP contribution >= 0.6 is 0 Å². The molecule has 2 rings (SSSR count). The molecule has 0 aliphatic rings. The number of hydrogen-bond acceptors (Lipinski definition) is 3. The van der Waals surface area contributed by atoms with E-state index < -0.39 is 5.54 Å². The summed E-state index contributed by atoms with van der Waals surface area (Å²) in [6.45, 7) is 4.81. The van der Waals surface area contributed by atoms with Gasteiger partial charge in [-0.2, -0.15) is 5.10 Å². The molecule has 0 saturated carbocycles. The van der Waals surface area contributed by atoms with Gasteiger partial charge in [0.2, 0.25) is 0 Å². The number of benzene rings is 1. The zero-order chi connectivity index (χ0) is 14.6. The number of carbonyl (C=O) groups is 1. The largest absolute Gasteiger partial charge is 0.350 e. The molecule has 0 aliphatic carbocycles. The van der Waals surface area contributed by atoms with Crippen molar-refractivity contribution in [1.29, 1.82) is 0 Å². The monoisotopic (exact) mass is 272 g/mol. The van der Waals surface area contributed by atoms with Crippen LogP contribution in [0.2, 0.25) is 0 Å². The van der Waals surface area contributed by atoms with Crippen molar-refractivity contribution < 1.29 is 4.79 Å². The van der Waals surface area contributed by atoms with E-state index in [9.17, 15) is 4.79 Å². The van der Waals surface area contributed by atoms with Crippen LogP contribution in [0.15, 0.2) is 42.7 Å². The van der Waals surface area contributed by atoms with Gasteiger partial charge in [-0.1, -0.05) is 30.3 Å². The third-order valence-electron chi connectivity index (χ3n) is 2.79. The zero-order valence-electron chi connectivity index (χ0n) is 11.8. The van der Waals surface area contributed by atoms with Crippen molar-refractivity contribution in [2.24, 2.45) is 5.73 Å². The Balaban J connectivity index is 1.97. The van der Waals surface area contributed by atoms with E-state index >= 15 is 0 Å². The molecular formula is C15H20N4O. The fraction of sp³-hybridized carbons (Fsp3) is 0.333. The van der Waals surface area contributed by atoms with Crippen molar-refractivity contribution in [1.82, 2.24) is 15.1 Å². The summed E-state index contributed by atoms with van der Waals surface area (Å²) in [6, 6.07) is 9.99. The van der Waals surface area contributed by atoms with E-state index in [1.54, 1.807) is 17.1 Å². The highest BCUT2D eigenvalue weighted by atomic mass is 16.1. The average Bonchev–Trinajstić information content (AvgIpc) is 2.85. The van der Waals surface area contributed by atoms with Gasteiger partial charge in [0, 0.05) is 18.3 Å². The Morgan fingerprint density at radius 1 is 1.35 bits per heavy atom. The van der Waals surface area contributed by atoms with Crippen LogP contribution in [0.4, 0.5) is 0 Å². The molecule has 5 nitrogen and oxygen atoms in total. The topological polar surface area (TPSA) is 72.9 Å². The maximum Gasteiger partial charge on any atom is 0.254 e. The van der Waals surface area contributed by atoms with Gasteiger partial charge in [-0.25, -0.2) is 0 Å². The molecule has 106 valence electrons. The van der Waals surface area contributed by atoms with Gasteiger partial charge in [0.15, 0.2) is 0 Å². The Kier molecular flexibility index (Phi) is 4.20. The van der Waals surface area contributed by atoms with Crippen molar-refractivity contribution in [2.45, 2.75) is 25.9 Å². The molecule has 2 aromatic rings. The first-order chi connectivity index (χ1) is 9.44. The van der Waals surface area contributed by atoms with Gasteiger partial charge in [-0.05, 0) is 19.4 Å². The second kappa shape index (κ2) is 5.88. The summed E-state index contributed by atoms with van der Waals surface area (Å²) in [5.41, 5.74) is 7.10. The molecule has 0 fully saturated rings. The molecule has 1 aromatic heterocycles. The van der Waals surface area contributed by atoms with E-state index in [0.29, 0.717) is 18.7 Å². The predicted octanol–water partition coefficient (Wildman–Crippen LogP) is 1.40. The highest BCUT2D eigenvalue weighted by Gasteiger charge is 2.14. The molecule has 0 atom stereocenters. The average molecular weight is 272 g/mol. The molecule has 1 aromatic carbocycles. The first-order valence-corrected chi connectivity index (χ1v) is 6.57. The lowest BCUT2D eigenvalue weighted by atomic mass is 10.1. The number of nitrogens with two attached hydrogens (primary N) is 1. The van der Waals surface area contributed by atoms with Gasteiger partial charge in [0.05, 0.1) is 18.3 Å². The molecule has 0 aliphatic heterocycles. The van der Waals surface area contributed by atoms with E-state index in [2.05, 4.69) is 10.4 Å². The second-order valence-corrected chi connectivity index (χ2v) is 5.58. The van der Waals surface area contributed by atoms with Gasteiger partial charge < -0.3 is 11.1 Å². The standard InChI is InChI=1S/C15H20N4O/c1-15(2,16)11-17-14(20)13-8-18-19(10-13)9-12-6-4-3-5-7-12/h3-8,10H,9,11,16H2,1-2H3,(H,17,20). The van der Waals surface area contributed by atoms with E-state index in [-0.39, 0.29) is 5.91 Å². The maximum absolute atomic E-state index is 11.9. The lowest BCUT2D eigenvalue weighted by Gasteiger charge is -2.18. The maximum atomic E-state index is 11.9. The molecule has 0 spiro atoms. The van der Waals surface area contributed by atoms with Crippen LogP contribution in [-0.2, 0) is 6.54 Å². The summed E-state index contributed by atoms with van der Waals surface area (Å²) in [7, 11) is 0. The summed E-state index contributed by atoms with van der Waals surface area (Å²) in [6.07, 6.45) is 3.31. The molecule has 0 radical (unpaired) electrons. The SMILES string of the molecule is CC(C)(N)CNC(=O)c1cnn(Cc2ccccc2)c1.